The molecule has 1 fully saturated rings. The van der Waals surface area contributed by atoms with Crippen LogP contribution in [-0.2, 0) is 4.79 Å². The fourth-order valence-corrected chi connectivity index (χ4v) is 1.43. The Bertz CT molecular complexity index is 193. The van der Waals surface area contributed by atoms with Crippen LogP contribution in [0.1, 0.15) is 6.92 Å². The standard InChI is InChI=1S/C8H15N3O/c1-3-8(12)11-5-4-10(9)6-7(11)2/h3,7H,1,4-6,9H2,2H3. The lowest BCUT2D eigenvalue weighted by Crippen LogP contribution is -2.55. The average Bonchev–Trinajstić information content (AvgIpc) is 2.03. The molecule has 1 heterocycles. The molecule has 1 amide bonds. The zero-order chi connectivity index (χ0) is 9.14. The summed E-state index contributed by atoms with van der Waals surface area (Å²) in [5, 5.41) is 1.73. The Labute approximate surface area is 72.6 Å². The normalized spacial score (nSPS) is 25.5. The van der Waals surface area contributed by atoms with Crippen molar-refractivity contribution in [3.63, 3.8) is 0 Å². The number of carbonyl (C=O) groups excluding carboxylic acids is 1. The SMILES string of the molecule is C=CC(=O)N1CCN(N)CC1C. The van der Waals surface area contributed by atoms with Gasteiger partial charge in [0.2, 0.25) is 5.91 Å². The molecular weight excluding hydrogens is 154 g/mol. The van der Waals surface area contributed by atoms with Crippen molar-refractivity contribution in [2.24, 2.45) is 5.84 Å². The lowest BCUT2D eigenvalue weighted by atomic mass is 10.2. The van der Waals surface area contributed by atoms with Crippen molar-refractivity contribution in [1.29, 1.82) is 0 Å². The van der Waals surface area contributed by atoms with E-state index >= 15 is 0 Å². The highest BCUT2D eigenvalue weighted by molar-refractivity contribution is 5.87. The molecule has 0 aliphatic carbocycles. The van der Waals surface area contributed by atoms with Gasteiger partial charge >= 0.3 is 0 Å². The molecule has 0 aromatic rings. The summed E-state index contributed by atoms with van der Waals surface area (Å²) in [4.78, 5) is 13.0. The van der Waals surface area contributed by atoms with E-state index in [1.54, 1.807) is 9.91 Å². The molecule has 0 saturated carbocycles. The second-order valence-corrected chi connectivity index (χ2v) is 3.08. The van der Waals surface area contributed by atoms with Crippen LogP contribution >= 0.6 is 0 Å². The fraction of sp³-hybridized carbons (Fsp3) is 0.625. The minimum atomic E-state index is -0.00407. The van der Waals surface area contributed by atoms with Crippen molar-refractivity contribution in [2.45, 2.75) is 13.0 Å². The molecule has 4 heteroatoms. The van der Waals surface area contributed by atoms with Gasteiger partial charge in [-0.15, -0.1) is 0 Å². The molecule has 0 aromatic carbocycles. The van der Waals surface area contributed by atoms with Gasteiger partial charge < -0.3 is 4.90 Å². The van der Waals surface area contributed by atoms with Crippen LogP contribution in [0.15, 0.2) is 12.7 Å². The Morgan fingerprint density at radius 1 is 1.67 bits per heavy atom. The third-order valence-electron chi connectivity index (χ3n) is 2.12. The van der Waals surface area contributed by atoms with Gasteiger partial charge in [-0.1, -0.05) is 6.58 Å². The largest absolute Gasteiger partial charge is 0.334 e. The summed E-state index contributed by atoms with van der Waals surface area (Å²) < 4.78 is 0. The molecule has 1 aliphatic rings. The topological polar surface area (TPSA) is 49.6 Å². The molecule has 2 N–H and O–H groups in total. The van der Waals surface area contributed by atoms with Crippen molar-refractivity contribution in [3.8, 4) is 0 Å². The minimum Gasteiger partial charge on any atom is -0.334 e. The molecule has 1 aliphatic heterocycles. The summed E-state index contributed by atoms with van der Waals surface area (Å²) in [6, 6.07) is 0.189. The van der Waals surface area contributed by atoms with Gasteiger partial charge in [0.1, 0.15) is 0 Å². The predicted molar refractivity (Wildman–Crippen MR) is 47.1 cm³/mol. The molecule has 0 aromatic heterocycles. The maximum atomic E-state index is 11.2. The van der Waals surface area contributed by atoms with Gasteiger partial charge in [0.05, 0.1) is 0 Å². The molecule has 4 nitrogen and oxygen atoms in total. The van der Waals surface area contributed by atoms with Crippen LogP contribution in [0.4, 0.5) is 0 Å². The van der Waals surface area contributed by atoms with Crippen molar-refractivity contribution < 1.29 is 4.79 Å². The molecule has 0 bridgehead atoms. The summed E-state index contributed by atoms with van der Waals surface area (Å²) in [7, 11) is 0. The Balaban J connectivity index is 2.55. The maximum Gasteiger partial charge on any atom is 0.246 e. The monoisotopic (exact) mass is 169 g/mol. The van der Waals surface area contributed by atoms with Gasteiger partial charge in [-0.05, 0) is 13.0 Å². The highest BCUT2D eigenvalue weighted by Crippen LogP contribution is 2.06. The van der Waals surface area contributed by atoms with Crippen LogP contribution in [0.3, 0.4) is 0 Å². The van der Waals surface area contributed by atoms with Crippen LogP contribution in [0.5, 0.6) is 0 Å². The number of piperazine rings is 1. The highest BCUT2D eigenvalue weighted by atomic mass is 16.2. The van der Waals surface area contributed by atoms with Crippen LogP contribution < -0.4 is 5.84 Å². The number of amides is 1. The smallest absolute Gasteiger partial charge is 0.246 e. The number of nitrogens with two attached hydrogens (primary N) is 1. The first kappa shape index (κ1) is 9.22. The van der Waals surface area contributed by atoms with E-state index in [-0.39, 0.29) is 11.9 Å². The molecule has 0 spiro atoms. The summed E-state index contributed by atoms with van der Waals surface area (Å²) in [6.07, 6.45) is 1.35. The lowest BCUT2D eigenvalue weighted by Gasteiger charge is -2.37. The van der Waals surface area contributed by atoms with Crippen molar-refractivity contribution in [2.75, 3.05) is 19.6 Å². The average molecular weight is 169 g/mol. The quantitative estimate of drug-likeness (QED) is 0.428. The number of nitrogens with zero attached hydrogens (tertiary/aromatic N) is 2. The first-order chi connectivity index (χ1) is 5.65. The molecular formula is C8H15N3O. The second-order valence-electron chi connectivity index (χ2n) is 3.08. The Hall–Kier alpha value is -0.870. The number of carbonyl (C=O) groups is 1. The van der Waals surface area contributed by atoms with Crippen molar-refractivity contribution in [1.82, 2.24) is 9.91 Å². The fourth-order valence-electron chi connectivity index (χ4n) is 1.43. The van der Waals surface area contributed by atoms with Crippen LogP contribution in [0.25, 0.3) is 0 Å². The lowest BCUT2D eigenvalue weighted by molar-refractivity contribution is -0.130. The zero-order valence-corrected chi connectivity index (χ0v) is 7.36. The third kappa shape index (κ3) is 1.84. The molecule has 1 saturated heterocycles. The van der Waals surface area contributed by atoms with Gasteiger partial charge in [0, 0.05) is 25.7 Å². The first-order valence-corrected chi connectivity index (χ1v) is 4.08. The summed E-state index contributed by atoms with van der Waals surface area (Å²) >= 11 is 0. The molecule has 1 rings (SSSR count). The van der Waals surface area contributed by atoms with E-state index in [0.717, 1.165) is 13.1 Å². The van der Waals surface area contributed by atoms with E-state index in [1.807, 2.05) is 6.92 Å². The number of hydrazine groups is 1. The maximum absolute atomic E-state index is 11.2. The number of rotatable bonds is 1. The number of hydrogen-bond donors (Lipinski definition) is 1. The predicted octanol–water partition coefficient (Wildman–Crippen LogP) is -0.421. The first-order valence-electron chi connectivity index (χ1n) is 4.08. The van der Waals surface area contributed by atoms with E-state index in [0.29, 0.717) is 6.54 Å². The summed E-state index contributed by atoms with van der Waals surface area (Å²) in [5.74, 6) is 5.59. The third-order valence-corrected chi connectivity index (χ3v) is 2.12. The zero-order valence-electron chi connectivity index (χ0n) is 7.36. The van der Waals surface area contributed by atoms with Gasteiger partial charge in [-0.2, -0.15) is 0 Å². The van der Waals surface area contributed by atoms with Crippen LogP contribution in [0.2, 0.25) is 0 Å². The summed E-state index contributed by atoms with van der Waals surface area (Å²) in [5.41, 5.74) is 0. The van der Waals surface area contributed by atoms with Gasteiger partial charge in [-0.25, -0.2) is 5.01 Å². The number of hydrogen-bond acceptors (Lipinski definition) is 3. The van der Waals surface area contributed by atoms with Gasteiger partial charge in [0.25, 0.3) is 0 Å². The molecule has 68 valence electrons. The molecule has 1 atom stereocenters. The van der Waals surface area contributed by atoms with E-state index < -0.39 is 0 Å². The molecule has 0 radical (unpaired) electrons. The van der Waals surface area contributed by atoms with E-state index in [1.165, 1.54) is 6.08 Å². The van der Waals surface area contributed by atoms with E-state index in [9.17, 15) is 4.79 Å². The van der Waals surface area contributed by atoms with Gasteiger partial charge in [0.15, 0.2) is 0 Å². The van der Waals surface area contributed by atoms with E-state index in [2.05, 4.69) is 6.58 Å². The second kappa shape index (κ2) is 3.69. The van der Waals surface area contributed by atoms with Crippen LogP contribution in [-0.4, -0.2) is 41.5 Å². The van der Waals surface area contributed by atoms with Gasteiger partial charge in [-0.3, -0.25) is 10.6 Å². The van der Waals surface area contributed by atoms with Crippen molar-refractivity contribution >= 4 is 5.91 Å². The molecule has 12 heavy (non-hydrogen) atoms. The highest BCUT2D eigenvalue weighted by Gasteiger charge is 2.23. The van der Waals surface area contributed by atoms with Crippen molar-refractivity contribution in [3.05, 3.63) is 12.7 Å². The minimum absolute atomic E-state index is 0.00407. The molecule has 1 unspecified atom stereocenters. The van der Waals surface area contributed by atoms with E-state index in [4.69, 9.17) is 5.84 Å². The Morgan fingerprint density at radius 2 is 2.33 bits per heavy atom. The van der Waals surface area contributed by atoms with Crippen LogP contribution in [0, 0.1) is 0 Å². The Kier molecular flexibility index (Phi) is 2.83. The Morgan fingerprint density at radius 3 is 2.83 bits per heavy atom. The summed E-state index contributed by atoms with van der Waals surface area (Å²) in [6.45, 7) is 7.61.